The molecule has 2 aromatic carbocycles. The molecule has 0 radical (unpaired) electrons. The number of hydrogen-bond acceptors (Lipinski definition) is 6. The Morgan fingerprint density at radius 2 is 1.61 bits per heavy atom. The lowest BCUT2D eigenvalue weighted by atomic mass is 10.2. The Balaban J connectivity index is 1.63. The van der Waals surface area contributed by atoms with Crippen molar-refractivity contribution < 1.29 is 14.2 Å². The minimum atomic E-state index is 0.275. The smallest absolute Gasteiger partial charge is 0.235 e. The number of rotatable bonds is 7. The number of hydrogen-bond donors (Lipinski definition) is 2. The molecule has 8 heteroatoms. The van der Waals surface area contributed by atoms with E-state index in [4.69, 9.17) is 26.4 Å². The van der Waals surface area contributed by atoms with Crippen molar-refractivity contribution in [2.75, 3.05) is 19.5 Å². The van der Waals surface area contributed by atoms with Crippen molar-refractivity contribution >= 4 is 23.3 Å². The zero-order valence-electron chi connectivity index (χ0n) is 15.5. The van der Waals surface area contributed by atoms with Gasteiger partial charge in [-0.3, -0.25) is 0 Å². The van der Waals surface area contributed by atoms with Crippen LogP contribution in [0.5, 0.6) is 23.3 Å². The fourth-order valence-electron chi connectivity index (χ4n) is 2.30. The molecule has 7 nitrogen and oxygen atoms in total. The van der Waals surface area contributed by atoms with E-state index in [1.165, 1.54) is 7.11 Å². The summed E-state index contributed by atoms with van der Waals surface area (Å²) >= 11 is 5.33. The van der Waals surface area contributed by atoms with Crippen molar-refractivity contribution in [3.05, 3.63) is 66.2 Å². The molecule has 0 spiro atoms. The molecule has 0 atom stereocenters. The summed E-state index contributed by atoms with van der Waals surface area (Å²) in [5.74, 6) is 2.45. The van der Waals surface area contributed by atoms with Gasteiger partial charge in [0.15, 0.2) is 5.11 Å². The van der Waals surface area contributed by atoms with E-state index in [2.05, 4.69) is 20.6 Å². The largest absolute Gasteiger partial charge is 0.497 e. The molecular formula is C20H20N4O3S. The van der Waals surface area contributed by atoms with Gasteiger partial charge in [-0.05, 0) is 42.0 Å². The van der Waals surface area contributed by atoms with Crippen LogP contribution in [-0.4, -0.2) is 29.3 Å². The van der Waals surface area contributed by atoms with E-state index < -0.39 is 0 Å². The van der Waals surface area contributed by atoms with Crippen LogP contribution in [0.1, 0.15) is 5.56 Å². The molecule has 0 bridgehead atoms. The lowest BCUT2D eigenvalue weighted by Crippen LogP contribution is -2.28. The molecule has 28 heavy (non-hydrogen) atoms. The number of nitrogens with one attached hydrogen (secondary N) is 2. The molecule has 0 aliphatic rings. The Labute approximate surface area is 168 Å². The number of thiocarbonyl (C=S) groups is 1. The molecule has 1 aromatic heterocycles. The van der Waals surface area contributed by atoms with Gasteiger partial charge in [0.1, 0.15) is 11.5 Å². The van der Waals surface area contributed by atoms with E-state index in [1.807, 2.05) is 54.6 Å². The van der Waals surface area contributed by atoms with Crippen LogP contribution >= 0.6 is 12.2 Å². The highest BCUT2D eigenvalue weighted by molar-refractivity contribution is 7.80. The van der Waals surface area contributed by atoms with Crippen molar-refractivity contribution in [1.29, 1.82) is 0 Å². The predicted molar refractivity (Wildman–Crippen MR) is 111 cm³/mol. The molecule has 0 unspecified atom stereocenters. The molecule has 0 fully saturated rings. The van der Waals surface area contributed by atoms with Crippen LogP contribution in [0.3, 0.4) is 0 Å². The molecule has 0 saturated heterocycles. The first kappa shape index (κ1) is 19.4. The number of methoxy groups -OCH3 is 2. The topological polar surface area (TPSA) is 77.5 Å². The number of ether oxygens (including phenoxy) is 3. The first-order valence-electron chi connectivity index (χ1n) is 8.50. The molecule has 2 N–H and O–H groups in total. The summed E-state index contributed by atoms with van der Waals surface area (Å²) in [6.07, 6.45) is 0. The van der Waals surface area contributed by atoms with Crippen LogP contribution in [0.4, 0.5) is 5.95 Å². The Hall–Kier alpha value is -3.39. The summed E-state index contributed by atoms with van der Waals surface area (Å²) in [5, 5.41) is 6.44. The number of nitrogens with zero attached hydrogens (tertiary/aromatic N) is 2. The standard InChI is InChI=1S/C20H20N4O3S/c1-25-15-10-8-14(9-11-15)13-21-20(28)24-19-22-17(26-2)12-18(23-19)27-16-6-4-3-5-7-16/h3-12H,13H2,1-2H3,(H2,21,22,23,24,28). The minimum Gasteiger partial charge on any atom is -0.497 e. The monoisotopic (exact) mass is 396 g/mol. The van der Waals surface area contributed by atoms with Gasteiger partial charge in [-0.2, -0.15) is 9.97 Å². The lowest BCUT2D eigenvalue weighted by Gasteiger charge is -2.12. The maximum atomic E-state index is 5.75. The molecule has 0 saturated carbocycles. The SMILES string of the molecule is COc1ccc(CNC(=S)Nc2nc(OC)cc(Oc3ccccc3)n2)cc1. The van der Waals surface area contributed by atoms with Crippen molar-refractivity contribution in [2.24, 2.45) is 0 Å². The first-order chi connectivity index (χ1) is 13.7. The Bertz CT molecular complexity index is 920. The number of benzene rings is 2. The minimum absolute atomic E-state index is 0.275. The number of para-hydroxylation sites is 1. The molecule has 0 aliphatic carbocycles. The molecule has 144 valence electrons. The highest BCUT2D eigenvalue weighted by Gasteiger charge is 2.09. The van der Waals surface area contributed by atoms with Gasteiger partial charge in [0.05, 0.1) is 20.3 Å². The number of aromatic nitrogens is 2. The molecule has 1 heterocycles. The molecule has 3 rings (SSSR count). The van der Waals surface area contributed by atoms with Gasteiger partial charge in [0.2, 0.25) is 17.7 Å². The lowest BCUT2D eigenvalue weighted by molar-refractivity contribution is 0.389. The summed E-state index contributed by atoms with van der Waals surface area (Å²) < 4.78 is 16.1. The maximum Gasteiger partial charge on any atom is 0.235 e. The van der Waals surface area contributed by atoms with E-state index in [0.717, 1.165) is 11.3 Å². The Kier molecular flexibility index (Phi) is 6.59. The molecule has 0 aliphatic heterocycles. The first-order valence-corrected chi connectivity index (χ1v) is 8.91. The quantitative estimate of drug-likeness (QED) is 0.585. The summed E-state index contributed by atoms with van der Waals surface area (Å²) in [4.78, 5) is 8.57. The van der Waals surface area contributed by atoms with Gasteiger partial charge in [0.25, 0.3) is 0 Å². The fourth-order valence-corrected chi connectivity index (χ4v) is 2.46. The summed E-state index contributed by atoms with van der Waals surface area (Å²) in [7, 11) is 3.16. The second kappa shape index (κ2) is 9.52. The zero-order chi connectivity index (χ0) is 19.8. The van der Waals surface area contributed by atoms with E-state index in [1.54, 1.807) is 13.2 Å². The summed E-state index contributed by atoms with van der Waals surface area (Å²) in [6, 6.07) is 18.7. The summed E-state index contributed by atoms with van der Waals surface area (Å²) in [6.45, 7) is 0.549. The highest BCUT2D eigenvalue weighted by atomic mass is 32.1. The van der Waals surface area contributed by atoms with Crippen molar-refractivity contribution in [3.63, 3.8) is 0 Å². The molecule has 0 amide bonds. The van der Waals surface area contributed by atoms with Crippen LogP contribution in [0.15, 0.2) is 60.7 Å². The van der Waals surface area contributed by atoms with Crippen LogP contribution in [0.2, 0.25) is 0 Å². The van der Waals surface area contributed by atoms with Gasteiger partial charge in [-0.1, -0.05) is 30.3 Å². The van der Waals surface area contributed by atoms with Crippen LogP contribution in [0.25, 0.3) is 0 Å². The Morgan fingerprint density at radius 1 is 0.893 bits per heavy atom. The average Bonchev–Trinajstić information content (AvgIpc) is 2.73. The van der Waals surface area contributed by atoms with E-state index in [-0.39, 0.29) is 5.95 Å². The Morgan fingerprint density at radius 3 is 2.29 bits per heavy atom. The average molecular weight is 396 g/mol. The fraction of sp³-hybridized carbons (Fsp3) is 0.150. The maximum absolute atomic E-state index is 5.75. The third-order valence-corrected chi connectivity index (χ3v) is 3.94. The van der Waals surface area contributed by atoms with Crippen LogP contribution in [0, 0.1) is 0 Å². The zero-order valence-corrected chi connectivity index (χ0v) is 16.3. The second-order valence-corrected chi connectivity index (χ2v) is 6.05. The van der Waals surface area contributed by atoms with Crippen LogP contribution < -0.4 is 24.8 Å². The third kappa shape index (κ3) is 5.55. The molecular weight excluding hydrogens is 376 g/mol. The van der Waals surface area contributed by atoms with Gasteiger partial charge >= 0.3 is 0 Å². The third-order valence-electron chi connectivity index (χ3n) is 3.69. The van der Waals surface area contributed by atoms with Crippen molar-refractivity contribution in [3.8, 4) is 23.3 Å². The van der Waals surface area contributed by atoms with E-state index in [9.17, 15) is 0 Å². The van der Waals surface area contributed by atoms with Gasteiger partial charge in [0, 0.05) is 6.54 Å². The van der Waals surface area contributed by atoms with E-state index in [0.29, 0.717) is 29.2 Å². The molecule has 3 aromatic rings. The van der Waals surface area contributed by atoms with Gasteiger partial charge < -0.3 is 24.8 Å². The van der Waals surface area contributed by atoms with Crippen LogP contribution in [-0.2, 0) is 6.54 Å². The van der Waals surface area contributed by atoms with Gasteiger partial charge in [-0.25, -0.2) is 0 Å². The van der Waals surface area contributed by atoms with Gasteiger partial charge in [-0.15, -0.1) is 0 Å². The summed E-state index contributed by atoms with van der Waals surface area (Å²) in [5.41, 5.74) is 1.06. The van der Waals surface area contributed by atoms with Crippen molar-refractivity contribution in [2.45, 2.75) is 6.54 Å². The predicted octanol–water partition coefficient (Wildman–Crippen LogP) is 3.77. The van der Waals surface area contributed by atoms with E-state index >= 15 is 0 Å². The number of anilines is 1. The normalized spacial score (nSPS) is 10.1. The highest BCUT2D eigenvalue weighted by Crippen LogP contribution is 2.23. The van der Waals surface area contributed by atoms with Crippen molar-refractivity contribution in [1.82, 2.24) is 15.3 Å². The second-order valence-electron chi connectivity index (χ2n) is 5.64.